The van der Waals surface area contributed by atoms with E-state index in [1.54, 1.807) is 0 Å². The quantitative estimate of drug-likeness (QED) is 0.520. The highest BCUT2D eigenvalue weighted by molar-refractivity contribution is 9.10. The molecule has 0 aliphatic heterocycles. The summed E-state index contributed by atoms with van der Waals surface area (Å²) in [5.41, 5.74) is 7.63. The highest BCUT2D eigenvalue weighted by Crippen LogP contribution is 2.24. The van der Waals surface area contributed by atoms with Gasteiger partial charge < -0.3 is 11.1 Å². The zero-order valence-electron chi connectivity index (χ0n) is 11.5. The number of hydrogen-bond acceptors (Lipinski definition) is 2. The summed E-state index contributed by atoms with van der Waals surface area (Å²) >= 11 is 3.51. The summed E-state index contributed by atoms with van der Waals surface area (Å²) in [6.07, 6.45) is 6.62. The maximum atomic E-state index is 5.70. The van der Waals surface area contributed by atoms with Crippen LogP contribution in [0.25, 0.3) is 0 Å². The third kappa shape index (κ3) is 6.29. The van der Waals surface area contributed by atoms with Gasteiger partial charge in [0.1, 0.15) is 0 Å². The van der Waals surface area contributed by atoms with E-state index in [1.807, 2.05) is 18.2 Å². The fourth-order valence-electron chi connectivity index (χ4n) is 1.93. The van der Waals surface area contributed by atoms with Gasteiger partial charge in [-0.2, -0.15) is 0 Å². The van der Waals surface area contributed by atoms with Crippen LogP contribution in [-0.4, -0.2) is 6.54 Å². The van der Waals surface area contributed by atoms with Gasteiger partial charge in [0.2, 0.25) is 0 Å². The van der Waals surface area contributed by atoms with Crippen molar-refractivity contribution in [2.45, 2.75) is 46.0 Å². The molecule has 102 valence electrons. The molecular weight excluding hydrogens is 288 g/mol. The van der Waals surface area contributed by atoms with Crippen LogP contribution in [0.4, 0.5) is 11.4 Å². The first kappa shape index (κ1) is 15.4. The minimum absolute atomic E-state index is 0.793. The van der Waals surface area contributed by atoms with Gasteiger partial charge >= 0.3 is 0 Å². The molecule has 1 rings (SSSR count). The standard InChI is InChI=1S/C15H25BrN2/c1-12(2)7-5-3-4-6-10-18-15-9-8-13(17)11-14(15)16/h8-9,11-12,18H,3-7,10,17H2,1-2H3. The zero-order valence-corrected chi connectivity index (χ0v) is 13.1. The van der Waals surface area contributed by atoms with Crippen molar-refractivity contribution in [2.24, 2.45) is 5.92 Å². The highest BCUT2D eigenvalue weighted by atomic mass is 79.9. The number of benzene rings is 1. The SMILES string of the molecule is CC(C)CCCCCCNc1ccc(N)cc1Br. The molecule has 1 aromatic carbocycles. The first-order valence-corrected chi connectivity index (χ1v) is 7.68. The van der Waals surface area contributed by atoms with Crippen LogP contribution in [0.15, 0.2) is 22.7 Å². The summed E-state index contributed by atoms with van der Waals surface area (Å²) in [5, 5.41) is 3.44. The van der Waals surface area contributed by atoms with Crippen LogP contribution in [-0.2, 0) is 0 Å². The van der Waals surface area contributed by atoms with Gasteiger partial charge in [0.15, 0.2) is 0 Å². The normalized spacial score (nSPS) is 10.9. The van der Waals surface area contributed by atoms with Crippen LogP contribution in [0.5, 0.6) is 0 Å². The Balaban J connectivity index is 2.11. The first-order chi connectivity index (χ1) is 8.59. The lowest BCUT2D eigenvalue weighted by Gasteiger charge is -2.09. The average Bonchev–Trinajstić information content (AvgIpc) is 2.30. The molecule has 0 fully saturated rings. The Bertz CT molecular complexity index is 350. The summed E-state index contributed by atoms with van der Waals surface area (Å²) < 4.78 is 1.04. The number of nitrogens with one attached hydrogen (secondary N) is 1. The van der Waals surface area contributed by atoms with E-state index in [1.165, 1.54) is 32.1 Å². The summed E-state index contributed by atoms with van der Waals surface area (Å²) in [4.78, 5) is 0. The van der Waals surface area contributed by atoms with Gasteiger partial charge in [0.05, 0.1) is 0 Å². The lowest BCUT2D eigenvalue weighted by Crippen LogP contribution is -2.02. The van der Waals surface area contributed by atoms with Gasteiger partial charge in [0, 0.05) is 22.4 Å². The number of anilines is 2. The molecule has 3 N–H and O–H groups in total. The van der Waals surface area contributed by atoms with Crippen LogP contribution >= 0.6 is 15.9 Å². The second-order valence-electron chi connectivity index (χ2n) is 5.26. The van der Waals surface area contributed by atoms with E-state index in [9.17, 15) is 0 Å². The van der Waals surface area contributed by atoms with Crippen molar-refractivity contribution < 1.29 is 0 Å². The van der Waals surface area contributed by atoms with E-state index in [0.717, 1.165) is 28.3 Å². The van der Waals surface area contributed by atoms with Crippen molar-refractivity contribution in [2.75, 3.05) is 17.6 Å². The fraction of sp³-hybridized carbons (Fsp3) is 0.600. The van der Waals surface area contributed by atoms with E-state index < -0.39 is 0 Å². The Labute approximate surface area is 119 Å². The number of halogens is 1. The number of nitrogen functional groups attached to an aromatic ring is 1. The molecule has 0 aliphatic rings. The maximum absolute atomic E-state index is 5.70. The van der Waals surface area contributed by atoms with Gasteiger partial charge in [-0.1, -0.05) is 39.5 Å². The van der Waals surface area contributed by atoms with Gasteiger partial charge in [-0.25, -0.2) is 0 Å². The molecule has 0 amide bonds. The smallest absolute Gasteiger partial charge is 0.0486 e. The topological polar surface area (TPSA) is 38.0 Å². The molecule has 2 nitrogen and oxygen atoms in total. The number of hydrogen-bond donors (Lipinski definition) is 2. The molecule has 0 heterocycles. The number of nitrogens with two attached hydrogens (primary N) is 1. The monoisotopic (exact) mass is 312 g/mol. The van der Waals surface area contributed by atoms with Crippen molar-refractivity contribution in [1.29, 1.82) is 0 Å². The molecule has 0 aromatic heterocycles. The van der Waals surface area contributed by atoms with Crippen LogP contribution in [0.1, 0.15) is 46.0 Å². The Hall–Kier alpha value is -0.700. The highest BCUT2D eigenvalue weighted by Gasteiger charge is 1.99. The molecule has 0 saturated carbocycles. The van der Waals surface area contributed by atoms with Crippen molar-refractivity contribution in [1.82, 2.24) is 0 Å². The second-order valence-corrected chi connectivity index (χ2v) is 6.12. The zero-order chi connectivity index (χ0) is 13.4. The molecule has 0 bridgehead atoms. The first-order valence-electron chi connectivity index (χ1n) is 6.88. The minimum atomic E-state index is 0.793. The van der Waals surface area contributed by atoms with E-state index in [4.69, 9.17) is 5.73 Å². The van der Waals surface area contributed by atoms with Gasteiger partial charge in [0.25, 0.3) is 0 Å². The van der Waals surface area contributed by atoms with Crippen LogP contribution in [0.2, 0.25) is 0 Å². The maximum Gasteiger partial charge on any atom is 0.0486 e. The van der Waals surface area contributed by atoms with Crippen molar-refractivity contribution >= 4 is 27.3 Å². The Morgan fingerprint density at radius 2 is 1.89 bits per heavy atom. The van der Waals surface area contributed by atoms with Crippen molar-refractivity contribution in [3.8, 4) is 0 Å². The molecule has 0 unspecified atom stereocenters. The molecule has 0 radical (unpaired) electrons. The van der Waals surface area contributed by atoms with Gasteiger partial charge in [-0.3, -0.25) is 0 Å². The minimum Gasteiger partial charge on any atom is -0.399 e. The molecule has 18 heavy (non-hydrogen) atoms. The van der Waals surface area contributed by atoms with Crippen LogP contribution in [0.3, 0.4) is 0 Å². The average molecular weight is 313 g/mol. The van der Waals surface area contributed by atoms with Crippen LogP contribution < -0.4 is 11.1 Å². The Morgan fingerprint density at radius 1 is 1.17 bits per heavy atom. The number of unbranched alkanes of at least 4 members (excludes halogenated alkanes) is 3. The van der Waals surface area contributed by atoms with E-state index >= 15 is 0 Å². The predicted octanol–water partition coefficient (Wildman–Crippen LogP) is 5.05. The summed E-state index contributed by atoms with van der Waals surface area (Å²) in [7, 11) is 0. The fourth-order valence-corrected chi connectivity index (χ4v) is 2.47. The van der Waals surface area contributed by atoms with Gasteiger partial charge in [-0.15, -0.1) is 0 Å². The lowest BCUT2D eigenvalue weighted by atomic mass is 10.0. The molecule has 0 atom stereocenters. The second kappa shape index (κ2) is 8.41. The molecule has 0 spiro atoms. The summed E-state index contributed by atoms with van der Waals surface area (Å²) in [5.74, 6) is 0.842. The van der Waals surface area contributed by atoms with Crippen molar-refractivity contribution in [3.63, 3.8) is 0 Å². The van der Waals surface area contributed by atoms with E-state index in [-0.39, 0.29) is 0 Å². The van der Waals surface area contributed by atoms with Crippen LogP contribution in [0, 0.1) is 5.92 Å². The molecule has 1 aromatic rings. The third-order valence-electron chi connectivity index (χ3n) is 3.02. The van der Waals surface area contributed by atoms with Crippen molar-refractivity contribution in [3.05, 3.63) is 22.7 Å². The third-order valence-corrected chi connectivity index (χ3v) is 3.67. The number of rotatable bonds is 8. The van der Waals surface area contributed by atoms with E-state index in [0.29, 0.717) is 0 Å². The lowest BCUT2D eigenvalue weighted by molar-refractivity contribution is 0.523. The molecular formula is C15H25BrN2. The summed E-state index contributed by atoms with van der Waals surface area (Å²) in [6.45, 7) is 5.62. The largest absolute Gasteiger partial charge is 0.399 e. The molecule has 0 saturated heterocycles. The summed E-state index contributed by atoms with van der Waals surface area (Å²) in [6, 6.07) is 5.89. The van der Waals surface area contributed by atoms with E-state index in [2.05, 4.69) is 35.1 Å². The molecule has 0 aliphatic carbocycles. The van der Waals surface area contributed by atoms with Gasteiger partial charge in [-0.05, 0) is 46.5 Å². The Kier molecular flexibility index (Phi) is 7.18. The Morgan fingerprint density at radius 3 is 2.56 bits per heavy atom. The molecule has 3 heteroatoms. The predicted molar refractivity (Wildman–Crippen MR) is 85.0 cm³/mol.